The van der Waals surface area contributed by atoms with Crippen molar-refractivity contribution < 1.29 is 13.2 Å². The van der Waals surface area contributed by atoms with Crippen LogP contribution in [-0.4, -0.2) is 38.9 Å². The Balaban J connectivity index is 1.69. The normalized spacial score (nSPS) is 24.8. The minimum Gasteiger partial charge on any atom is -0.331 e. The number of primary sulfonamides is 1. The number of carbonyl (C=O) groups excluding carboxylic acids is 1. The largest absolute Gasteiger partial charge is 0.331 e. The molecule has 142 valence electrons. The number of nitrogens with one attached hydrogen (secondary N) is 1. The number of fused-ring (bicyclic) bond motifs is 1. The third-order valence-electron chi connectivity index (χ3n) is 5.76. The van der Waals surface area contributed by atoms with E-state index in [1.54, 1.807) is 12.1 Å². The summed E-state index contributed by atoms with van der Waals surface area (Å²) in [5.74, 6) is 0.750. The monoisotopic (exact) mass is 385 g/mol. The summed E-state index contributed by atoms with van der Waals surface area (Å²) < 4.78 is 22.9. The first-order valence-corrected chi connectivity index (χ1v) is 10.6. The summed E-state index contributed by atoms with van der Waals surface area (Å²) in [6.07, 6.45) is 0. The highest BCUT2D eigenvalue weighted by Gasteiger charge is 2.47. The van der Waals surface area contributed by atoms with Crippen LogP contribution >= 0.6 is 0 Å². The Kier molecular flexibility index (Phi) is 4.53. The molecule has 2 aliphatic heterocycles. The summed E-state index contributed by atoms with van der Waals surface area (Å²) in [6, 6.07) is 14.1. The highest BCUT2D eigenvalue weighted by atomic mass is 32.2. The molecule has 2 fully saturated rings. The molecular weight excluding hydrogens is 362 g/mol. The van der Waals surface area contributed by atoms with E-state index in [1.807, 2.05) is 17.0 Å². The van der Waals surface area contributed by atoms with E-state index in [0.29, 0.717) is 23.9 Å². The van der Waals surface area contributed by atoms with Gasteiger partial charge in [0.05, 0.1) is 10.9 Å². The van der Waals surface area contributed by atoms with Crippen molar-refractivity contribution in [2.45, 2.75) is 17.9 Å². The van der Waals surface area contributed by atoms with Gasteiger partial charge in [0.25, 0.3) is 5.91 Å². The van der Waals surface area contributed by atoms with Crippen LogP contribution in [0.15, 0.2) is 53.4 Å². The van der Waals surface area contributed by atoms with Gasteiger partial charge in [-0.2, -0.15) is 0 Å². The van der Waals surface area contributed by atoms with Gasteiger partial charge in [0.2, 0.25) is 10.0 Å². The molecule has 4 rings (SSSR count). The van der Waals surface area contributed by atoms with Gasteiger partial charge in [-0.3, -0.25) is 4.79 Å². The van der Waals surface area contributed by atoms with Gasteiger partial charge in [-0.1, -0.05) is 24.3 Å². The van der Waals surface area contributed by atoms with Crippen molar-refractivity contribution in [1.29, 1.82) is 0 Å². The number of hydrogen-bond donors (Lipinski definition) is 2. The quantitative estimate of drug-likeness (QED) is 0.841. The highest BCUT2D eigenvalue weighted by Crippen LogP contribution is 2.44. The molecule has 0 unspecified atom stereocenters. The summed E-state index contributed by atoms with van der Waals surface area (Å²) in [4.78, 5) is 15.2. The van der Waals surface area contributed by atoms with Crippen LogP contribution in [0.1, 0.15) is 27.5 Å². The second kappa shape index (κ2) is 6.74. The minimum atomic E-state index is -3.77. The second-order valence-electron chi connectivity index (χ2n) is 7.41. The number of aryl methyl sites for hydroxylation is 1. The lowest BCUT2D eigenvalue weighted by Crippen LogP contribution is -2.35. The van der Waals surface area contributed by atoms with Crippen LogP contribution in [0.2, 0.25) is 0 Å². The summed E-state index contributed by atoms with van der Waals surface area (Å²) in [6.45, 7) is 4.60. The van der Waals surface area contributed by atoms with Crippen molar-refractivity contribution >= 4 is 15.9 Å². The van der Waals surface area contributed by atoms with E-state index in [1.165, 1.54) is 23.3 Å². The molecule has 0 aromatic heterocycles. The van der Waals surface area contributed by atoms with Crippen molar-refractivity contribution in [3.63, 3.8) is 0 Å². The predicted octanol–water partition coefficient (Wildman–Crippen LogP) is 1.68. The maximum absolute atomic E-state index is 13.3. The predicted molar refractivity (Wildman–Crippen MR) is 103 cm³/mol. The Morgan fingerprint density at radius 1 is 1.11 bits per heavy atom. The highest BCUT2D eigenvalue weighted by molar-refractivity contribution is 7.89. The van der Waals surface area contributed by atoms with E-state index in [-0.39, 0.29) is 16.8 Å². The van der Waals surface area contributed by atoms with Gasteiger partial charge in [-0.15, -0.1) is 0 Å². The number of carbonyl (C=O) groups is 1. The first-order valence-electron chi connectivity index (χ1n) is 9.06. The SMILES string of the molecule is Cc1ccccc1[C@H]1[C@H]2CNC[C@H]2CN1C(=O)c1ccc(S(N)(=O)=O)cc1. The van der Waals surface area contributed by atoms with E-state index in [9.17, 15) is 13.2 Å². The summed E-state index contributed by atoms with van der Waals surface area (Å²) in [5, 5.41) is 8.60. The van der Waals surface area contributed by atoms with E-state index in [4.69, 9.17) is 5.14 Å². The minimum absolute atomic E-state index is 0.0111. The first-order chi connectivity index (χ1) is 12.9. The van der Waals surface area contributed by atoms with E-state index in [0.717, 1.165) is 13.1 Å². The summed E-state index contributed by atoms with van der Waals surface area (Å²) >= 11 is 0. The smallest absolute Gasteiger partial charge is 0.254 e. The van der Waals surface area contributed by atoms with Gasteiger partial charge >= 0.3 is 0 Å². The van der Waals surface area contributed by atoms with Crippen molar-refractivity contribution in [3.05, 3.63) is 65.2 Å². The van der Waals surface area contributed by atoms with Crippen molar-refractivity contribution in [2.24, 2.45) is 17.0 Å². The number of amides is 1. The van der Waals surface area contributed by atoms with Crippen LogP contribution in [0.3, 0.4) is 0 Å². The topological polar surface area (TPSA) is 92.5 Å². The molecule has 3 atom stereocenters. The van der Waals surface area contributed by atoms with Crippen LogP contribution in [-0.2, 0) is 10.0 Å². The molecule has 6 nitrogen and oxygen atoms in total. The van der Waals surface area contributed by atoms with E-state index < -0.39 is 10.0 Å². The van der Waals surface area contributed by atoms with Crippen LogP contribution < -0.4 is 10.5 Å². The first kappa shape index (κ1) is 18.2. The van der Waals surface area contributed by atoms with E-state index >= 15 is 0 Å². The van der Waals surface area contributed by atoms with E-state index in [2.05, 4.69) is 24.4 Å². The standard InChI is InChI=1S/C20H23N3O3S/c1-13-4-2-3-5-17(13)19-18-11-22-10-15(18)12-23(19)20(24)14-6-8-16(9-7-14)27(21,25)26/h2-9,15,18-19,22H,10-12H2,1H3,(H2,21,25,26)/t15-,18-,19-/m0/s1. The zero-order valence-corrected chi connectivity index (χ0v) is 15.9. The van der Waals surface area contributed by atoms with Crippen molar-refractivity contribution in [2.75, 3.05) is 19.6 Å². The number of sulfonamides is 1. The Labute approximate surface area is 159 Å². The summed E-state index contributed by atoms with van der Waals surface area (Å²) in [5.41, 5.74) is 2.84. The number of nitrogens with zero attached hydrogens (tertiary/aromatic N) is 1. The van der Waals surface area contributed by atoms with Crippen molar-refractivity contribution in [3.8, 4) is 0 Å². The van der Waals surface area contributed by atoms with Gasteiger partial charge in [0, 0.05) is 31.1 Å². The molecular formula is C20H23N3O3S. The number of nitrogens with two attached hydrogens (primary N) is 1. The molecule has 2 aliphatic rings. The molecule has 2 saturated heterocycles. The van der Waals surface area contributed by atoms with Crippen LogP contribution in [0.5, 0.6) is 0 Å². The molecule has 2 aromatic rings. The average molecular weight is 385 g/mol. The zero-order valence-electron chi connectivity index (χ0n) is 15.1. The number of hydrogen-bond acceptors (Lipinski definition) is 4. The Bertz CT molecular complexity index is 972. The molecule has 7 heteroatoms. The third kappa shape index (κ3) is 3.26. The molecule has 0 aliphatic carbocycles. The van der Waals surface area contributed by atoms with Crippen molar-refractivity contribution in [1.82, 2.24) is 10.2 Å². The second-order valence-corrected chi connectivity index (χ2v) is 8.97. The number of benzene rings is 2. The molecule has 27 heavy (non-hydrogen) atoms. The number of rotatable bonds is 3. The molecule has 0 radical (unpaired) electrons. The zero-order chi connectivity index (χ0) is 19.2. The van der Waals surface area contributed by atoms with Gasteiger partial charge in [-0.25, -0.2) is 13.6 Å². The van der Waals surface area contributed by atoms with Gasteiger partial charge in [0.1, 0.15) is 0 Å². The third-order valence-corrected chi connectivity index (χ3v) is 6.69. The Morgan fingerprint density at radius 2 is 1.81 bits per heavy atom. The van der Waals surface area contributed by atoms with Crippen LogP contribution in [0.25, 0.3) is 0 Å². The molecule has 1 amide bonds. The molecule has 0 spiro atoms. The maximum Gasteiger partial charge on any atom is 0.254 e. The lowest BCUT2D eigenvalue weighted by Gasteiger charge is -2.29. The number of likely N-dealkylation sites (tertiary alicyclic amines) is 1. The fourth-order valence-corrected chi connectivity index (χ4v) is 4.92. The van der Waals surface area contributed by atoms with Crippen LogP contribution in [0.4, 0.5) is 0 Å². The Hall–Kier alpha value is -2.22. The lowest BCUT2D eigenvalue weighted by molar-refractivity contribution is 0.0713. The molecule has 3 N–H and O–H groups in total. The van der Waals surface area contributed by atoms with Gasteiger partial charge in [0.15, 0.2) is 0 Å². The van der Waals surface area contributed by atoms with Gasteiger partial charge < -0.3 is 10.2 Å². The molecule has 0 bridgehead atoms. The molecule has 2 aromatic carbocycles. The van der Waals surface area contributed by atoms with Crippen LogP contribution in [0, 0.1) is 18.8 Å². The maximum atomic E-state index is 13.3. The summed E-state index contributed by atoms with van der Waals surface area (Å²) in [7, 11) is -3.77. The van der Waals surface area contributed by atoms with Gasteiger partial charge in [-0.05, 0) is 48.2 Å². The lowest BCUT2D eigenvalue weighted by atomic mass is 9.87. The Morgan fingerprint density at radius 3 is 2.48 bits per heavy atom. The molecule has 0 saturated carbocycles. The fourth-order valence-electron chi connectivity index (χ4n) is 4.40. The molecule has 2 heterocycles. The fraction of sp³-hybridized carbons (Fsp3) is 0.350. The average Bonchev–Trinajstić information content (AvgIpc) is 3.22.